The van der Waals surface area contributed by atoms with Gasteiger partial charge in [-0.05, 0) is 43.4 Å². The van der Waals surface area contributed by atoms with Crippen LogP contribution in [-0.2, 0) is 15.6 Å². The van der Waals surface area contributed by atoms with Gasteiger partial charge in [0.2, 0.25) is 0 Å². The number of nitrogens with zero attached hydrogens (tertiary/aromatic N) is 2. The fraction of sp³-hybridized carbons (Fsp3) is 0.471. The summed E-state index contributed by atoms with van der Waals surface area (Å²) in [6.45, 7) is 0.777. The number of rotatable bonds is 3. The number of hydrogen-bond donors (Lipinski definition) is 1. The van der Waals surface area contributed by atoms with Crippen LogP contribution in [0.25, 0.3) is 0 Å². The summed E-state index contributed by atoms with van der Waals surface area (Å²) in [7, 11) is -3.57. The van der Waals surface area contributed by atoms with Gasteiger partial charge in [-0.25, -0.2) is 8.42 Å². The number of sulfonamides is 1. The second kappa shape index (κ2) is 6.32. The highest BCUT2D eigenvalue weighted by Crippen LogP contribution is 2.49. The molecular formula is C17H19ClN2O3S2. The lowest BCUT2D eigenvalue weighted by Gasteiger charge is -2.41. The third-order valence-corrected chi connectivity index (χ3v) is 8.99. The van der Waals surface area contributed by atoms with Crippen LogP contribution in [0.4, 0.5) is 0 Å². The number of halogens is 1. The van der Waals surface area contributed by atoms with Crippen LogP contribution in [0.5, 0.6) is 0 Å². The van der Waals surface area contributed by atoms with Crippen molar-refractivity contribution in [2.75, 3.05) is 13.1 Å². The van der Waals surface area contributed by atoms with Crippen molar-refractivity contribution in [3.8, 4) is 0 Å². The van der Waals surface area contributed by atoms with Crippen molar-refractivity contribution in [3.63, 3.8) is 0 Å². The molecule has 4 rings (SSSR count). The largest absolute Gasteiger partial charge is 0.385 e. The zero-order valence-corrected chi connectivity index (χ0v) is 15.9. The maximum Gasteiger partial charge on any atom is 0.252 e. The Balaban J connectivity index is 1.65. The van der Waals surface area contributed by atoms with Crippen LogP contribution >= 0.6 is 22.9 Å². The van der Waals surface area contributed by atoms with Crippen LogP contribution < -0.4 is 0 Å². The third kappa shape index (κ3) is 2.92. The quantitative estimate of drug-likeness (QED) is 0.862. The van der Waals surface area contributed by atoms with E-state index in [2.05, 4.69) is 4.98 Å². The van der Waals surface area contributed by atoms with Crippen LogP contribution in [0.3, 0.4) is 0 Å². The standard InChI is InChI=1S/C17H19ClN2O3S2/c18-15-5-6-16(24-15)25(22,23)20-10-12-3-1-7-17(21,14(12)11-20)13-4-2-8-19-9-13/h2,4-6,8-9,12,14,21H,1,3,7,10-11H2/t12-,14+,17+/m0/s1. The average Bonchev–Trinajstić information content (AvgIpc) is 3.24. The summed E-state index contributed by atoms with van der Waals surface area (Å²) in [5, 5.41) is 11.4. The summed E-state index contributed by atoms with van der Waals surface area (Å²) in [5.41, 5.74) is -0.239. The van der Waals surface area contributed by atoms with Gasteiger partial charge in [0.15, 0.2) is 0 Å². The van der Waals surface area contributed by atoms with E-state index in [1.54, 1.807) is 24.5 Å². The van der Waals surface area contributed by atoms with Crippen molar-refractivity contribution >= 4 is 33.0 Å². The zero-order valence-electron chi connectivity index (χ0n) is 13.5. The second-order valence-corrected chi connectivity index (χ2v) is 10.7. The van der Waals surface area contributed by atoms with E-state index in [9.17, 15) is 13.5 Å². The number of aromatic nitrogens is 1. The van der Waals surface area contributed by atoms with Crippen molar-refractivity contribution in [1.29, 1.82) is 0 Å². The zero-order chi connectivity index (χ0) is 17.7. The predicted octanol–water partition coefficient (Wildman–Crippen LogP) is 3.10. The number of thiophene rings is 1. The lowest BCUT2D eigenvalue weighted by atomic mass is 9.68. The molecule has 134 valence electrons. The minimum Gasteiger partial charge on any atom is -0.385 e. The molecule has 0 amide bonds. The van der Waals surface area contributed by atoms with Crippen molar-refractivity contribution in [2.24, 2.45) is 11.8 Å². The Morgan fingerprint density at radius 1 is 1.32 bits per heavy atom. The summed E-state index contributed by atoms with van der Waals surface area (Å²) in [5.74, 6) is 0.0415. The van der Waals surface area contributed by atoms with Crippen LogP contribution in [0.1, 0.15) is 24.8 Å². The molecule has 2 aromatic rings. The Morgan fingerprint density at radius 2 is 2.16 bits per heavy atom. The molecule has 3 atom stereocenters. The van der Waals surface area contributed by atoms with Gasteiger partial charge in [0.1, 0.15) is 4.21 Å². The molecule has 0 spiro atoms. The van der Waals surface area contributed by atoms with Crippen molar-refractivity contribution < 1.29 is 13.5 Å². The van der Waals surface area contributed by atoms with Gasteiger partial charge >= 0.3 is 0 Å². The molecule has 1 aliphatic carbocycles. The van der Waals surface area contributed by atoms with Gasteiger partial charge in [0.05, 0.1) is 9.94 Å². The molecule has 2 fully saturated rings. The lowest BCUT2D eigenvalue weighted by molar-refractivity contribution is -0.0643. The van der Waals surface area contributed by atoms with Crippen molar-refractivity contribution in [3.05, 3.63) is 46.6 Å². The molecule has 5 nitrogen and oxygen atoms in total. The summed E-state index contributed by atoms with van der Waals surface area (Å²) in [6.07, 6.45) is 5.83. The number of aliphatic hydroxyl groups is 1. The van der Waals surface area contributed by atoms with E-state index in [-0.39, 0.29) is 16.0 Å². The highest BCUT2D eigenvalue weighted by Gasteiger charge is 2.52. The summed E-state index contributed by atoms with van der Waals surface area (Å²) >= 11 is 6.98. The van der Waals surface area contributed by atoms with E-state index < -0.39 is 15.6 Å². The minimum atomic E-state index is -3.57. The van der Waals surface area contributed by atoms with E-state index in [1.165, 1.54) is 4.31 Å². The lowest BCUT2D eigenvalue weighted by Crippen LogP contribution is -2.43. The molecule has 2 aromatic heterocycles. The molecule has 1 aliphatic heterocycles. The molecule has 2 aliphatic rings. The highest BCUT2D eigenvalue weighted by molar-refractivity contribution is 7.91. The van der Waals surface area contributed by atoms with Crippen LogP contribution in [0, 0.1) is 11.8 Å². The minimum absolute atomic E-state index is 0.115. The highest BCUT2D eigenvalue weighted by atomic mass is 35.5. The average molecular weight is 399 g/mol. The maximum atomic E-state index is 12.9. The van der Waals surface area contributed by atoms with Crippen LogP contribution in [0.2, 0.25) is 4.34 Å². The molecule has 3 heterocycles. The maximum absolute atomic E-state index is 12.9. The topological polar surface area (TPSA) is 70.5 Å². The Morgan fingerprint density at radius 3 is 2.84 bits per heavy atom. The van der Waals surface area contributed by atoms with Crippen molar-refractivity contribution in [2.45, 2.75) is 29.1 Å². The predicted molar refractivity (Wildman–Crippen MR) is 97.1 cm³/mol. The van der Waals surface area contributed by atoms with Gasteiger partial charge in [-0.15, -0.1) is 11.3 Å². The smallest absolute Gasteiger partial charge is 0.252 e. The Labute approximate surface area is 156 Å². The monoisotopic (exact) mass is 398 g/mol. The number of fused-ring (bicyclic) bond motifs is 1. The molecule has 8 heteroatoms. The van der Waals surface area contributed by atoms with Gasteiger partial charge in [-0.1, -0.05) is 17.7 Å². The van der Waals surface area contributed by atoms with E-state index >= 15 is 0 Å². The van der Waals surface area contributed by atoms with Crippen LogP contribution in [0.15, 0.2) is 40.9 Å². The van der Waals surface area contributed by atoms with Crippen LogP contribution in [-0.4, -0.2) is 35.9 Å². The third-order valence-electron chi connectivity index (χ3n) is 5.46. The first-order valence-corrected chi connectivity index (χ1v) is 10.9. The molecule has 0 radical (unpaired) electrons. The first-order valence-electron chi connectivity index (χ1n) is 8.29. The van der Waals surface area contributed by atoms with Gasteiger partial charge in [0, 0.05) is 37.0 Å². The normalized spacial score (nSPS) is 30.3. The molecule has 25 heavy (non-hydrogen) atoms. The molecular weight excluding hydrogens is 380 g/mol. The molecule has 1 saturated carbocycles. The Kier molecular flexibility index (Phi) is 4.40. The summed E-state index contributed by atoms with van der Waals surface area (Å²) in [4.78, 5) is 4.13. The number of pyridine rings is 1. The summed E-state index contributed by atoms with van der Waals surface area (Å²) in [6, 6.07) is 6.85. The SMILES string of the molecule is O=S(=O)(c1ccc(Cl)s1)N1C[C@@H]2CCC[C@@](O)(c3cccnc3)[C@@H]2C1. The first kappa shape index (κ1) is 17.4. The summed E-state index contributed by atoms with van der Waals surface area (Å²) < 4.78 is 28.1. The van der Waals surface area contributed by atoms with Crippen molar-refractivity contribution in [1.82, 2.24) is 9.29 Å². The molecule has 0 bridgehead atoms. The molecule has 0 aromatic carbocycles. The molecule has 1 N–H and O–H groups in total. The van der Waals surface area contributed by atoms with Gasteiger partial charge in [-0.3, -0.25) is 4.98 Å². The fourth-order valence-electron chi connectivity index (χ4n) is 4.22. The molecule has 1 saturated heterocycles. The second-order valence-electron chi connectivity index (χ2n) is 6.81. The Bertz CT molecular complexity index is 871. The van der Waals surface area contributed by atoms with Gasteiger partial charge < -0.3 is 5.11 Å². The number of hydrogen-bond acceptors (Lipinski definition) is 5. The Hall–Kier alpha value is -0.990. The van der Waals surface area contributed by atoms with Gasteiger partial charge in [-0.2, -0.15) is 4.31 Å². The van der Waals surface area contributed by atoms with E-state index in [0.717, 1.165) is 29.7 Å². The van der Waals surface area contributed by atoms with E-state index in [0.29, 0.717) is 23.8 Å². The first-order chi connectivity index (χ1) is 11.9. The molecule has 0 unspecified atom stereocenters. The van der Waals surface area contributed by atoms with E-state index in [1.807, 2.05) is 12.1 Å². The fourth-order valence-corrected chi connectivity index (χ4v) is 7.38. The van der Waals surface area contributed by atoms with Gasteiger partial charge in [0.25, 0.3) is 10.0 Å². The van der Waals surface area contributed by atoms with E-state index in [4.69, 9.17) is 11.6 Å².